The number of benzene rings is 3. The first-order valence-corrected chi connectivity index (χ1v) is 37.5. The number of hydrogen-bond acceptors (Lipinski definition) is 20. The fraction of sp³-hybridized carbons (Fsp3) is 0.385. The Kier molecular flexibility index (Phi) is 38.8. The van der Waals surface area contributed by atoms with Crippen LogP contribution in [0.1, 0.15) is 161 Å². The van der Waals surface area contributed by atoms with Gasteiger partial charge in [-0.2, -0.15) is 39.5 Å². The zero-order valence-electron chi connectivity index (χ0n) is 66.0. The van der Waals surface area contributed by atoms with E-state index >= 15 is 0 Å². The predicted molar refractivity (Wildman–Crippen MR) is 432 cm³/mol. The molecule has 9 N–H and O–H groups in total. The number of aromatic nitrogens is 5. The third-order valence-electron chi connectivity index (χ3n) is 15.4. The van der Waals surface area contributed by atoms with Gasteiger partial charge in [0, 0.05) is 0 Å². The number of nitrogens with one attached hydrogen (secondary N) is 6. The van der Waals surface area contributed by atoms with Crippen molar-refractivity contribution in [2.75, 3.05) is 16.0 Å². The molecule has 6 amide bonds. The highest BCUT2D eigenvalue weighted by Gasteiger charge is 2.63. The second-order valence-corrected chi connectivity index (χ2v) is 30.5. The Balaban J connectivity index is 0.000000424. The van der Waals surface area contributed by atoms with Crippen LogP contribution in [0.25, 0.3) is 11.6 Å². The van der Waals surface area contributed by atoms with Crippen LogP contribution < -0.4 is 38.1 Å². The number of hydrogen-bond donors (Lipinski definition) is 8. The topological polar surface area (TPSA) is 371 Å². The molecule has 3 aromatic carbocycles. The zero-order chi connectivity index (χ0) is 88.3. The quantitative estimate of drug-likeness (QED) is 0.00451. The maximum absolute atomic E-state index is 14.6. The number of alkyl halides is 9. The number of aromatic carboxylic acids is 1. The van der Waals surface area contributed by atoms with Crippen molar-refractivity contribution in [3.63, 3.8) is 0 Å². The van der Waals surface area contributed by atoms with Gasteiger partial charge < -0.3 is 37.9 Å². The standard InChI is InChI=1S/C26H30BrF3N4O5.C26H28BrF3N4O4.C14H17F3N2O2.C12H15BrN2O4.ClH/c1-6-7-13-25(26(28,29)30,38-15-17-11-9-8-10-12-17)22(36)34-33-21(35)19-18(14-16(2)20(27)32-19)31-23(37)39-24(3,4)5;1-6-7-13-25(26(28,29)30,36-15-17-11-9-8-10-12-17)22-34-33-21(37-22)19-18(14-16(2)20(27)32-19)31-23(35)38-24(3,4)5;1-2-3-9-13(12(20)19-18,14(15,16)17)21-10-11-7-5-4-6-8-11;1-6-5-7(8(10(16)17)15-9(6)13)14-11(18)19-12(2,3)4;/h6,8-12,14H,1,7,13,15H2,2-5H3,(H,31,37)(H,33,35)(H,34,36);6,8-12,14H,1,7,13,15H2,2-5H3,(H,31,35);2,4-8H,1,3,9-10,18H2,(H,19,20);5H,1-4H3,(H,14,18)(H,16,17);1H. The van der Waals surface area contributed by atoms with Gasteiger partial charge in [-0.25, -0.2) is 40.0 Å². The molecule has 0 spiro atoms. The lowest BCUT2D eigenvalue weighted by Gasteiger charge is -2.34. The number of pyridine rings is 3. The molecule has 3 atom stereocenters. The lowest BCUT2D eigenvalue weighted by Crippen LogP contribution is -2.61. The summed E-state index contributed by atoms with van der Waals surface area (Å²) < 4.78 is 165. The highest BCUT2D eigenvalue weighted by atomic mass is 79.9. The van der Waals surface area contributed by atoms with E-state index in [1.165, 1.54) is 35.8 Å². The van der Waals surface area contributed by atoms with Crippen molar-refractivity contribution in [2.24, 2.45) is 5.84 Å². The molecule has 118 heavy (non-hydrogen) atoms. The first-order valence-electron chi connectivity index (χ1n) is 35.1. The number of aryl methyl sites for hydroxylation is 3. The fourth-order valence-electron chi connectivity index (χ4n) is 9.72. The Bertz CT molecular complexity index is 4580. The molecule has 4 aromatic heterocycles. The number of amides is 6. The summed E-state index contributed by atoms with van der Waals surface area (Å²) in [4.78, 5) is 97.3. The number of allylic oxidation sites excluding steroid dienone is 3. The number of halogens is 13. The summed E-state index contributed by atoms with van der Waals surface area (Å²) in [6.07, 6.45) is -15.7. The van der Waals surface area contributed by atoms with Crippen molar-refractivity contribution in [3.05, 3.63) is 212 Å². The van der Waals surface area contributed by atoms with Gasteiger partial charge in [-0.05, 0) is 221 Å². The number of carboxylic acid groups (broad SMARTS) is 1. The molecule has 0 saturated carbocycles. The van der Waals surface area contributed by atoms with Crippen LogP contribution in [0.15, 0.2) is 165 Å². The van der Waals surface area contributed by atoms with Crippen molar-refractivity contribution in [1.29, 1.82) is 0 Å². The summed E-state index contributed by atoms with van der Waals surface area (Å²) in [6.45, 7) is 29.4. The summed E-state index contributed by atoms with van der Waals surface area (Å²) in [7, 11) is 0. The van der Waals surface area contributed by atoms with Crippen LogP contribution >= 0.6 is 60.2 Å². The average molecular weight is 1880 g/mol. The summed E-state index contributed by atoms with van der Waals surface area (Å²) in [5, 5.41) is 24.0. The summed E-state index contributed by atoms with van der Waals surface area (Å²) >= 11 is 9.61. The van der Waals surface area contributed by atoms with E-state index in [9.17, 15) is 73.1 Å². The highest BCUT2D eigenvalue weighted by molar-refractivity contribution is 9.11. The summed E-state index contributed by atoms with van der Waals surface area (Å²) in [6, 6.07) is 29.2. The predicted octanol–water partition coefficient (Wildman–Crippen LogP) is 19.3. The molecule has 40 heteroatoms. The highest BCUT2D eigenvalue weighted by Crippen LogP contribution is 2.47. The zero-order valence-corrected chi connectivity index (χ0v) is 71.6. The normalized spacial score (nSPS) is 13.0. The van der Waals surface area contributed by atoms with E-state index in [0.29, 0.717) is 42.6 Å². The molecule has 0 radical (unpaired) electrons. The van der Waals surface area contributed by atoms with Crippen LogP contribution in [-0.4, -0.2) is 119 Å². The number of anilines is 3. The monoisotopic (exact) mass is 1880 g/mol. The summed E-state index contributed by atoms with van der Waals surface area (Å²) in [5.41, 5.74) is -3.43. The largest absolute Gasteiger partial charge is 0.476 e. The van der Waals surface area contributed by atoms with E-state index in [0.717, 1.165) is 0 Å². The molecule has 4 heterocycles. The molecule has 0 aliphatic heterocycles. The van der Waals surface area contributed by atoms with E-state index in [1.807, 2.05) is 10.9 Å². The van der Waals surface area contributed by atoms with Gasteiger partial charge in [0.05, 0.1) is 36.9 Å². The Morgan fingerprint density at radius 2 is 0.831 bits per heavy atom. The van der Waals surface area contributed by atoms with Crippen LogP contribution in [0.4, 0.5) is 71.0 Å². The van der Waals surface area contributed by atoms with Crippen molar-refractivity contribution in [1.82, 2.24) is 41.4 Å². The van der Waals surface area contributed by atoms with Crippen LogP contribution in [0.2, 0.25) is 0 Å². The van der Waals surface area contributed by atoms with Gasteiger partial charge in [-0.15, -0.1) is 42.3 Å². The van der Waals surface area contributed by atoms with Crippen LogP contribution in [0.3, 0.4) is 0 Å². The average Bonchev–Trinajstić information content (AvgIpc) is 1.52. The number of nitrogens with zero attached hydrogens (tertiary/aromatic N) is 5. The van der Waals surface area contributed by atoms with E-state index in [-0.39, 0.29) is 83.8 Å². The second-order valence-electron chi connectivity index (χ2n) is 28.2. The first-order chi connectivity index (χ1) is 54.3. The minimum Gasteiger partial charge on any atom is -0.476 e. The van der Waals surface area contributed by atoms with Crippen molar-refractivity contribution in [3.8, 4) is 11.6 Å². The molecule has 0 saturated heterocycles. The molecule has 644 valence electrons. The van der Waals surface area contributed by atoms with Gasteiger partial charge in [-0.1, -0.05) is 109 Å². The lowest BCUT2D eigenvalue weighted by atomic mass is 9.95. The van der Waals surface area contributed by atoms with Crippen molar-refractivity contribution >= 4 is 119 Å². The van der Waals surface area contributed by atoms with Gasteiger partial charge in [0.1, 0.15) is 30.6 Å². The number of ether oxygens (including phenoxy) is 6. The fourth-order valence-corrected chi connectivity index (χ4v) is 10.6. The molecule has 0 fully saturated rings. The third kappa shape index (κ3) is 30.8. The minimum absolute atomic E-state index is 0. The lowest BCUT2D eigenvalue weighted by molar-refractivity contribution is -0.299. The molecule has 7 rings (SSSR count). The number of rotatable bonds is 27. The number of carbonyl (C=O) groups excluding carboxylic acids is 6. The maximum atomic E-state index is 14.6. The van der Waals surface area contributed by atoms with E-state index in [2.05, 4.69) is 109 Å². The molecule has 7 aromatic rings. The van der Waals surface area contributed by atoms with E-state index < -0.39 is 132 Å². The Morgan fingerprint density at radius 1 is 0.483 bits per heavy atom. The van der Waals surface area contributed by atoms with Gasteiger partial charge in [0.25, 0.3) is 29.5 Å². The minimum atomic E-state index is -5.14. The summed E-state index contributed by atoms with van der Waals surface area (Å²) in [5.74, 6) is -1.64. The van der Waals surface area contributed by atoms with Crippen molar-refractivity contribution in [2.45, 2.75) is 194 Å². The molecular weight excluding hydrogens is 1790 g/mol. The van der Waals surface area contributed by atoms with Gasteiger partial charge >= 0.3 is 42.8 Å². The maximum Gasteiger partial charge on any atom is 0.426 e. The number of carboxylic acids is 1. The first kappa shape index (κ1) is 102. The molecule has 0 aliphatic rings. The number of carbonyl (C=O) groups is 7. The Hall–Kier alpha value is -9.90. The number of nitrogens with two attached hydrogens (primary N) is 1. The molecule has 3 unspecified atom stereocenters. The number of hydrazine groups is 2. The van der Waals surface area contributed by atoms with Crippen molar-refractivity contribution < 1.29 is 111 Å². The van der Waals surface area contributed by atoms with Crippen LogP contribution in [-0.2, 0) is 63.4 Å². The smallest absolute Gasteiger partial charge is 0.426 e. The van der Waals surface area contributed by atoms with E-state index in [1.54, 1.807) is 180 Å². The van der Waals surface area contributed by atoms with Crippen LogP contribution in [0, 0.1) is 20.8 Å². The Morgan fingerprint density at radius 3 is 1.19 bits per heavy atom. The molecule has 0 bridgehead atoms. The molecule has 27 nitrogen and oxygen atoms in total. The third-order valence-corrected chi connectivity index (χ3v) is 17.8. The van der Waals surface area contributed by atoms with Gasteiger partial charge in [-0.3, -0.25) is 46.6 Å². The Labute approximate surface area is 706 Å². The molecule has 0 aliphatic carbocycles. The second kappa shape index (κ2) is 44.8. The van der Waals surface area contributed by atoms with Gasteiger partial charge in [0.15, 0.2) is 17.1 Å². The van der Waals surface area contributed by atoms with Crippen LogP contribution in [0.5, 0.6) is 0 Å². The SMILES string of the molecule is C=CCCC(OCc1ccccc1)(C(=O)NN)C(F)(F)F.C=CCCC(OCc1ccccc1)(C(=O)NNC(=O)c1nc(Br)c(C)cc1NC(=O)OC(C)(C)C)C(F)(F)F.C=CCCC(OCc1ccccc1)(c1nnc(-c2nc(Br)c(C)cc2NC(=O)OC(C)(C)C)o1)C(F)(F)F.Cc1cc(NC(=O)OC(C)(C)C)c(C(=O)O)nc1Br.Cl. The van der Waals surface area contributed by atoms with Gasteiger partial charge in [0.2, 0.25) is 16.8 Å². The molecular formula is C78H91Br3ClF9N12O15. The van der Waals surface area contributed by atoms with E-state index in [4.69, 9.17) is 43.8 Å².